The third-order valence-electron chi connectivity index (χ3n) is 3.93. The highest BCUT2D eigenvalue weighted by Gasteiger charge is 2.33. The summed E-state index contributed by atoms with van der Waals surface area (Å²) in [6.45, 7) is 9.13. The molecule has 1 fully saturated rings. The first-order chi connectivity index (χ1) is 8.76. The Morgan fingerprint density at radius 2 is 1.67 bits per heavy atom. The number of hydrogen-bond acceptors (Lipinski definition) is 3. The van der Waals surface area contributed by atoms with Crippen LogP contribution in [0.25, 0.3) is 0 Å². The standard InChI is InChI=1S/C15H29NO2/c1-3-5-9-16(10-6-4-2)13-15(14-17)7-11-18-12-8-15/h14H,3-13H2,1-2H3. The summed E-state index contributed by atoms with van der Waals surface area (Å²) in [4.78, 5) is 14.0. The quantitative estimate of drug-likeness (QED) is 0.593. The third-order valence-corrected chi connectivity index (χ3v) is 3.93. The van der Waals surface area contributed by atoms with Crippen molar-refractivity contribution in [1.82, 2.24) is 4.90 Å². The van der Waals surface area contributed by atoms with Crippen LogP contribution in [0, 0.1) is 5.41 Å². The number of nitrogens with zero attached hydrogens (tertiary/aromatic N) is 1. The van der Waals surface area contributed by atoms with Crippen LogP contribution in [0.15, 0.2) is 0 Å². The molecule has 0 radical (unpaired) electrons. The second-order valence-corrected chi connectivity index (χ2v) is 5.58. The van der Waals surface area contributed by atoms with Crippen molar-refractivity contribution < 1.29 is 9.53 Å². The first-order valence-electron chi connectivity index (χ1n) is 7.53. The lowest BCUT2D eigenvalue weighted by Crippen LogP contribution is -2.43. The van der Waals surface area contributed by atoms with Gasteiger partial charge in [-0.05, 0) is 38.8 Å². The maximum absolute atomic E-state index is 11.5. The molecule has 0 aromatic carbocycles. The summed E-state index contributed by atoms with van der Waals surface area (Å²) in [5.74, 6) is 0. The molecule has 0 unspecified atom stereocenters. The van der Waals surface area contributed by atoms with E-state index in [0.29, 0.717) is 0 Å². The second kappa shape index (κ2) is 8.65. The molecule has 106 valence electrons. The summed E-state index contributed by atoms with van der Waals surface area (Å²) in [5.41, 5.74) is -0.139. The third kappa shape index (κ3) is 5.07. The molecule has 0 aliphatic carbocycles. The van der Waals surface area contributed by atoms with E-state index in [1.807, 2.05) is 0 Å². The summed E-state index contributed by atoms with van der Waals surface area (Å²) >= 11 is 0. The van der Waals surface area contributed by atoms with E-state index in [-0.39, 0.29) is 5.41 Å². The van der Waals surface area contributed by atoms with Crippen molar-refractivity contribution in [2.24, 2.45) is 5.41 Å². The van der Waals surface area contributed by atoms with Gasteiger partial charge >= 0.3 is 0 Å². The minimum Gasteiger partial charge on any atom is -0.381 e. The van der Waals surface area contributed by atoms with Gasteiger partial charge in [-0.1, -0.05) is 26.7 Å². The molecule has 1 rings (SSSR count). The molecule has 18 heavy (non-hydrogen) atoms. The zero-order valence-electron chi connectivity index (χ0n) is 12.1. The van der Waals surface area contributed by atoms with Crippen molar-refractivity contribution in [3.8, 4) is 0 Å². The molecule has 3 nitrogen and oxygen atoms in total. The van der Waals surface area contributed by atoms with Gasteiger partial charge in [0.25, 0.3) is 0 Å². The topological polar surface area (TPSA) is 29.5 Å². The average molecular weight is 255 g/mol. The molecule has 3 heteroatoms. The van der Waals surface area contributed by atoms with Gasteiger partial charge in [0.1, 0.15) is 6.29 Å². The molecule has 1 heterocycles. The predicted molar refractivity (Wildman–Crippen MR) is 74.8 cm³/mol. The molecule has 0 amide bonds. The van der Waals surface area contributed by atoms with Crippen LogP contribution in [0.3, 0.4) is 0 Å². The molecule has 0 N–H and O–H groups in total. The number of carbonyl (C=O) groups excluding carboxylic acids is 1. The van der Waals surface area contributed by atoms with Gasteiger partial charge in [-0.2, -0.15) is 0 Å². The van der Waals surface area contributed by atoms with Gasteiger partial charge < -0.3 is 14.4 Å². The van der Waals surface area contributed by atoms with Crippen molar-refractivity contribution in [3.63, 3.8) is 0 Å². The first-order valence-corrected chi connectivity index (χ1v) is 7.53. The van der Waals surface area contributed by atoms with E-state index >= 15 is 0 Å². The number of hydrogen-bond donors (Lipinski definition) is 0. The predicted octanol–water partition coefficient (Wildman–Crippen LogP) is 2.88. The minimum atomic E-state index is -0.139. The Morgan fingerprint density at radius 3 is 2.11 bits per heavy atom. The highest BCUT2D eigenvalue weighted by molar-refractivity contribution is 5.60. The highest BCUT2D eigenvalue weighted by Crippen LogP contribution is 2.29. The van der Waals surface area contributed by atoms with Crippen LogP contribution in [0.4, 0.5) is 0 Å². The van der Waals surface area contributed by atoms with E-state index in [1.54, 1.807) is 0 Å². The summed E-state index contributed by atoms with van der Waals surface area (Å²) in [5, 5.41) is 0. The van der Waals surface area contributed by atoms with Crippen LogP contribution >= 0.6 is 0 Å². The maximum atomic E-state index is 11.5. The lowest BCUT2D eigenvalue weighted by Gasteiger charge is -2.37. The van der Waals surface area contributed by atoms with Gasteiger partial charge in [-0.25, -0.2) is 0 Å². The first kappa shape index (κ1) is 15.6. The fourth-order valence-electron chi connectivity index (χ4n) is 2.57. The van der Waals surface area contributed by atoms with E-state index in [4.69, 9.17) is 4.74 Å². The largest absolute Gasteiger partial charge is 0.381 e. The SMILES string of the molecule is CCCCN(CCCC)CC1(C=O)CCOCC1. The summed E-state index contributed by atoms with van der Waals surface area (Å²) in [6.07, 6.45) is 7.89. The summed E-state index contributed by atoms with van der Waals surface area (Å²) < 4.78 is 5.39. The van der Waals surface area contributed by atoms with E-state index in [1.165, 1.54) is 32.0 Å². The zero-order valence-corrected chi connectivity index (χ0v) is 12.1. The second-order valence-electron chi connectivity index (χ2n) is 5.58. The number of aldehydes is 1. The normalized spacial score (nSPS) is 19.1. The lowest BCUT2D eigenvalue weighted by molar-refractivity contribution is -0.123. The average Bonchev–Trinajstić information content (AvgIpc) is 2.43. The number of ether oxygens (including phenoxy) is 1. The fourth-order valence-corrected chi connectivity index (χ4v) is 2.57. The maximum Gasteiger partial charge on any atom is 0.127 e. The number of unbranched alkanes of at least 4 members (excludes halogenated alkanes) is 2. The van der Waals surface area contributed by atoms with Crippen molar-refractivity contribution in [3.05, 3.63) is 0 Å². The molecule has 0 bridgehead atoms. The molecule has 1 aliphatic heterocycles. The van der Waals surface area contributed by atoms with Gasteiger partial charge in [0.15, 0.2) is 0 Å². The molecular formula is C15H29NO2. The van der Waals surface area contributed by atoms with Crippen molar-refractivity contribution >= 4 is 6.29 Å². The van der Waals surface area contributed by atoms with Crippen LogP contribution in [-0.4, -0.2) is 44.0 Å². The minimum absolute atomic E-state index is 0.139. The molecule has 1 saturated heterocycles. The monoisotopic (exact) mass is 255 g/mol. The van der Waals surface area contributed by atoms with E-state index in [9.17, 15) is 4.79 Å². The van der Waals surface area contributed by atoms with E-state index < -0.39 is 0 Å². The Labute approximate surface area is 112 Å². The lowest BCUT2D eigenvalue weighted by atomic mass is 9.81. The molecule has 0 atom stereocenters. The highest BCUT2D eigenvalue weighted by atomic mass is 16.5. The van der Waals surface area contributed by atoms with Gasteiger partial charge in [-0.3, -0.25) is 0 Å². The molecule has 0 aromatic heterocycles. The summed E-state index contributed by atoms with van der Waals surface area (Å²) in [6, 6.07) is 0. The Morgan fingerprint density at radius 1 is 1.11 bits per heavy atom. The Hall–Kier alpha value is -0.410. The molecule has 0 saturated carbocycles. The van der Waals surface area contributed by atoms with E-state index in [2.05, 4.69) is 18.7 Å². The van der Waals surface area contributed by atoms with Crippen LogP contribution in [0.2, 0.25) is 0 Å². The van der Waals surface area contributed by atoms with Crippen LogP contribution in [-0.2, 0) is 9.53 Å². The Balaban J connectivity index is 2.51. The van der Waals surface area contributed by atoms with Gasteiger partial charge in [0, 0.05) is 25.2 Å². The van der Waals surface area contributed by atoms with Gasteiger partial charge in [-0.15, -0.1) is 0 Å². The Kier molecular flexibility index (Phi) is 7.52. The van der Waals surface area contributed by atoms with E-state index in [0.717, 1.165) is 45.7 Å². The van der Waals surface area contributed by atoms with Gasteiger partial charge in [0.05, 0.1) is 0 Å². The van der Waals surface area contributed by atoms with Crippen molar-refractivity contribution in [2.45, 2.75) is 52.4 Å². The van der Waals surface area contributed by atoms with Crippen LogP contribution < -0.4 is 0 Å². The zero-order chi connectivity index (χ0) is 13.3. The molecule has 1 aliphatic rings. The number of rotatable bonds is 9. The van der Waals surface area contributed by atoms with Crippen LogP contribution in [0.5, 0.6) is 0 Å². The fraction of sp³-hybridized carbons (Fsp3) is 0.933. The van der Waals surface area contributed by atoms with Crippen LogP contribution in [0.1, 0.15) is 52.4 Å². The van der Waals surface area contributed by atoms with Gasteiger partial charge in [0.2, 0.25) is 0 Å². The Bertz CT molecular complexity index is 217. The molecular weight excluding hydrogens is 226 g/mol. The smallest absolute Gasteiger partial charge is 0.127 e. The van der Waals surface area contributed by atoms with Crippen molar-refractivity contribution in [2.75, 3.05) is 32.8 Å². The molecule has 0 spiro atoms. The number of carbonyl (C=O) groups is 1. The van der Waals surface area contributed by atoms with Crippen molar-refractivity contribution in [1.29, 1.82) is 0 Å². The molecule has 0 aromatic rings. The summed E-state index contributed by atoms with van der Waals surface area (Å²) in [7, 11) is 0.